The molecule has 23 heavy (non-hydrogen) atoms. The molecule has 0 aliphatic rings. The molecular formula is C16H13FN2O4. The molecule has 0 unspecified atom stereocenters. The summed E-state index contributed by atoms with van der Waals surface area (Å²) in [7, 11) is 1.39. The molecule has 0 bridgehead atoms. The van der Waals surface area contributed by atoms with E-state index >= 15 is 0 Å². The van der Waals surface area contributed by atoms with Gasteiger partial charge in [-0.1, -0.05) is 0 Å². The summed E-state index contributed by atoms with van der Waals surface area (Å²) >= 11 is 0. The van der Waals surface area contributed by atoms with Crippen molar-refractivity contribution < 1.29 is 18.8 Å². The van der Waals surface area contributed by atoms with E-state index in [1.807, 2.05) is 0 Å². The first-order valence-electron chi connectivity index (χ1n) is 6.56. The Balaban J connectivity index is 2.09. The Bertz CT molecular complexity index is 757. The summed E-state index contributed by atoms with van der Waals surface area (Å²) in [6, 6.07) is 9.24. The number of hydrogen-bond acceptors (Lipinski definition) is 5. The first kappa shape index (κ1) is 16.2. The maximum Gasteiger partial charge on any atom is 0.273 e. The van der Waals surface area contributed by atoms with Crippen molar-refractivity contribution in [2.75, 3.05) is 12.4 Å². The fourth-order valence-corrected chi connectivity index (χ4v) is 1.83. The van der Waals surface area contributed by atoms with E-state index in [9.17, 15) is 19.3 Å². The fourth-order valence-electron chi connectivity index (χ4n) is 1.83. The number of allylic oxidation sites excluding steroid dienone is 1. The minimum Gasteiger partial charge on any atom is -0.494 e. The van der Waals surface area contributed by atoms with Crippen LogP contribution in [-0.4, -0.2) is 17.8 Å². The average Bonchev–Trinajstić information content (AvgIpc) is 2.55. The highest BCUT2D eigenvalue weighted by molar-refractivity contribution is 6.04. The maximum absolute atomic E-state index is 12.8. The van der Waals surface area contributed by atoms with Crippen LogP contribution >= 0.6 is 0 Å². The molecule has 0 fully saturated rings. The Morgan fingerprint density at radius 2 is 1.96 bits per heavy atom. The van der Waals surface area contributed by atoms with Crippen LogP contribution in [0.1, 0.15) is 10.4 Å². The van der Waals surface area contributed by atoms with Gasteiger partial charge in [-0.15, -0.1) is 0 Å². The van der Waals surface area contributed by atoms with E-state index in [0.717, 1.165) is 0 Å². The first-order valence-corrected chi connectivity index (χ1v) is 6.56. The Hall–Kier alpha value is -3.22. The number of ether oxygens (including phenoxy) is 1. The number of carbonyl (C=O) groups is 1. The van der Waals surface area contributed by atoms with Crippen LogP contribution in [0.4, 0.5) is 15.8 Å². The third-order valence-corrected chi connectivity index (χ3v) is 3.00. The number of nitro benzene ring substituents is 1. The van der Waals surface area contributed by atoms with Crippen molar-refractivity contribution in [3.05, 3.63) is 76.2 Å². The zero-order chi connectivity index (χ0) is 16.8. The van der Waals surface area contributed by atoms with Gasteiger partial charge in [-0.2, -0.15) is 0 Å². The summed E-state index contributed by atoms with van der Waals surface area (Å²) < 4.78 is 17.9. The smallest absolute Gasteiger partial charge is 0.273 e. The van der Waals surface area contributed by atoms with Gasteiger partial charge in [0.15, 0.2) is 5.78 Å². The van der Waals surface area contributed by atoms with E-state index in [0.29, 0.717) is 11.3 Å². The summed E-state index contributed by atoms with van der Waals surface area (Å²) in [4.78, 5) is 22.1. The number of nitrogens with zero attached hydrogens (tertiary/aromatic N) is 1. The average molecular weight is 316 g/mol. The standard InChI is InChI=1S/C16H13FN2O4/c1-23-16-10-13(19(21)22)6-7-14(16)18-9-8-15(20)11-2-4-12(17)5-3-11/h2-10,18H,1H3/b9-8+. The molecule has 0 aliphatic carbocycles. The van der Waals surface area contributed by atoms with Gasteiger partial charge in [-0.3, -0.25) is 14.9 Å². The van der Waals surface area contributed by atoms with Crippen LogP contribution in [0.15, 0.2) is 54.7 Å². The predicted octanol–water partition coefficient (Wildman–Crippen LogP) is 3.55. The predicted molar refractivity (Wildman–Crippen MR) is 83.1 cm³/mol. The third-order valence-electron chi connectivity index (χ3n) is 3.00. The largest absolute Gasteiger partial charge is 0.494 e. The van der Waals surface area contributed by atoms with E-state index < -0.39 is 10.7 Å². The zero-order valence-corrected chi connectivity index (χ0v) is 12.2. The molecule has 0 radical (unpaired) electrons. The zero-order valence-electron chi connectivity index (χ0n) is 12.2. The molecular weight excluding hydrogens is 303 g/mol. The molecule has 2 rings (SSSR count). The summed E-state index contributed by atoms with van der Waals surface area (Å²) in [5.74, 6) is -0.448. The van der Waals surface area contributed by atoms with Crippen molar-refractivity contribution in [1.29, 1.82) is 0 Å². The Kier molecular flexibility index (Phi) is 5.03. The third kappa shape index (κ3) is 4.13. The van der Waals surface area contributed by atoms with Gasteiger partial charge in [0.1, 0.15) is 11.6 Å². The minimum absolute atomic E-state index is 0.0984. The number of methoxy groups -OCH3 is 1. The van der Waals surface area contributed by atoms with Crippen LogP contribution in [-0.2, 0) is 0 Å². The van der Waals surface area contributed by atoms with Gasteiger partial charge in [0.25, 0.3) is 5.69 Å². The molecule has 0 aromatic heterocycles. The van der Waals surface area contributed by atoms with Crippen LogP contribution in [0, 0.1) is 15.9 Å². The highest BCUT2D eigenvalue weighted by Crippen LogP contribution is 2.28. The van der Waals surface area contributed by atoms with Gasteiger partial charge in [-0.05, 0) is 30.3 Å². The van der Waals surface area contributed by atoms with Crippen LogP contribution in [0.5, 0.6) is 5.75 Å². The van der Waals surface area contributed by atoms with E-state index in [4.69, 9.17) is 4.74 Å². The summed E-state index contributed by atoms with van der Waals surface area (Å²) in [5.41, 5.74) is 0.722. The van der Waals surface area contributed by atoms with Gasteiger partial charge in [-0.25, -0.2) is 4.39 Å². The van der Waals surface area contributed by atoms with Gasteiger partial charge in [0.2, 0.25) is 0 Å². The van der Waals surface area contributed by atoms with E-state index in [1.54, 1.807) is 0 Å². The number of ketones is 1. The number of anilines is 1. The second kappa shape index (κ2) is 7.17. The molecule has 0 saturated carbocycles. The molecule has 2 aromatic rings. The maximum atomic E-state index is 12.8. The molecule has 6 nitrogen and oxygen atoms in total. The van der Waals surface area contributed by atoms with E-state index in [-0.39, 0.29) is 17.2 Å². The molecule has 2 aromatic carbocycles. The molecule has 0 amide bonds. The van der Waals surface area contributed by atoms with Gasteiger partial charge < -0.3 is 10.1 Å². The molecule has 118 valence electrons. The van der Waals surface area contributed by atoms with E-state index in [1.165, 1.54) is 61.9 Å². The first-order chi connectivity index (χ1) is 11.0. The minimum atomic E-state index is -0.528. The summed E-state index contributed by atoms with van der Waals surface area (Å²) in [5, 5.41) is 13.5. The molecule has 0 saturated heterocycles. The molecule has 0 atom stereocenters. The topological polar surface area (TPSA) is 81.5 Å². The number of non-ortho nitro benzene ring substituents is 1. The van der Waals surface area contributed by atoms with Crippen molar-refractivity contribution in [2.24, 2.45) is 0 Å². The number of nitrogens with one attached hydrogen (secondary N) is 1. The normalized spacial score (nSPS) is 10.5. The lowest BCUT2D eigenvalue weighted by Gasteiger charge is -2.07. The van der Waals surface area contributed by atoms with Crippen molar-refractivity contribution in [3.8, 4) is 5.75 Å². The molecule has 0 aliphatic heterocycles. The molecule has 7 heteroatoms. The highest BCUT2D eigenvalue weighted by Gasteiger charge is 2.10. The number of hydrogen-bond donors (Lipinski definition) is 1. The molecule has 1 N–H and O–H groups in total. The molecule has 0 spiro atoms. The second-order valence-corrected chi connectivity index (χ2v) is 4.49. The lowest BCUT2D eigenvalue weighted by Crippen LogP contribution is -1.98. The van der Waals surface area contributed by atoms with Gasteiger partial charge >= 0.3 is 0 Å². The molecule has 0 heterocycles. The number of benzene rings is 2. The number of halogens is 1. The SMILES string of the molecule is COc1cc([N+](=O)[O-])ccc1N/C=C/C(=O)c1ccc(F)cc1. The fraction of sp³-hybridized carbons (Fsp3) is 0.0625. The van der Waals surface area contributed by atoms with Crippen molar-refractivity contribution in [1.82, 2.24) is 0 Å². The lowest BCUT2D eigenvalue weighted by molar-refractivity contribution is -0.384. The Morgan fingerprint density at radius 3 is 2.57 bits per heavy atom. The monoisotopic (exact) mass is 316 g/mol. The lowest BCUT2D eigenvalue weighted by atomic mass is 10.1. The van der Waals surface area contributed by atoms with E-state index in [2.05, 4.69) is 5.32 Å². The number of rotatable bonds is 6. The Morgan fingerprint density at radius 1 is 1.26 bits per heavy atom. The Labute approximate surface area is 131 Å². The second-order valence-electron chi connectivity index (χ2n) is 4.49. The van der Waals surface area contributed by atoms with Crippen LogP contribution < -0.4 is 10.1 Å². The quantitative estimate of drug-likeness (QED) is 0.381. The van der Waals surface area contributed by atoms with Crippen molar-refractivity contribution in [2.45, 2.75) is 0 Å². The number of carbonyl (C=O) groups excluding carboxylic acids is 1. The van der Waals surface area contributed by atoms with Crippen LogP contribution in [0.3, 0.4) is 0 Å². The summed E-state index contributed by atoms with van der Waals surface area (Å²) in [6.07, 6.45) is 2.66. The van der Waals surface area contributed by atoms with Crippen molar-refractivity contribution in [3.63, 3.8) is 0 Å². The van der Waals surface area contributed by atoms with Crippen molar-refractivity contribution >= 4 is 17.2 Å². The summed E-state index contributed by atoms with van der Waals surface area (Å²) in [6.45, 7) is 0. The van der Waals surface area contributed by atoms with Crippen LogP contribution in [0.2, 0.25) is 0 Å². The van der Waals surface area contributed by atoms with Gasteiger partial charge in [0.05, 0.1) is 23.8 Å². The number of nitro groups is 1. The van der Waals surface area contributed by atoms with Crippen LogP contribution in [0.25, 0.3) is 0 Å². The van der Waals surface area contributed by atoms with Gasteiger partial charge in [0, 0.05) is 23.9 Å². The highest BCUT2D eigenvalue weighted by atomic mass is 19.1.